The molecule has 2 N–H and O–H groups in total. The SMILES string of the molecule is O=C(c1n[nH]c(C2CC2)n1)N(CC1CCCNC1)C1CC1. The molecule has 0 aromatic carbocycles. The van der Waals surface area contributed by atoms with Gasteiger partial charge in [-0.1, -0.05) is 0 Å². The summed E-state index contributed by atoms with van der Waals surface area (Å²) >= 11 is 0. The van der Waals surface area contributed by atoms with Crippen LogP contribution < -0.4 is 5.32 Å². The van der Waals surface area contributed by atoms with Crippen LogP contribution in [0, 0.1) is 5.92 Å². The molecule has 0 bridgehead atoms. The Balaban J connectivity index is 1.45. The molecule has 2 aliphatic carbocycles. The monoisotopic (exact) mass is 289 g/mol. The second-order valence-corrected chi connectivity index (χ2v) is 6.72. The lowest BCUT2D eigenvalue weighted by molar-refractivity contribution is 0.0692. The predicted molar refractivity (Wildman–Crippen MR) is 78.0 cm³/mol. The standard InChI is InChI=1S/C15H23N5O/c21-15(14-17-13(18-19-14)11-3-4-11)20(12-5-6-12)9-10-2-1-7-16-8-10/h10-12,16H,1-9H2,(H,17,18,19). The van der Waals surface area contributed by atoms with Crippen LogP contribution in [-0.2, 0) is 0 Å². The molecule has 21 heavy (non-hydrogen) atoms. The highest BCUT2D eigenvalue weighted by Gasteiger charge is 2.37. The smallest absolute Gasteiger partial charge is 0.293 e. The maximum atomic E-state index is 12.7. The van der Waals surface area contributed by atoms with E-state index in [1.165, 1.54) is 25.7 Å². The Hall–Kier alpha value is -1.43. The van der Waals surface area contributed by atoms with Gasteiger partial charge in [-0.15, -0.1) is 5.10 Å². The molecule has 6 heteroatoms. The highest BCUT2D eigenvalue weighted by molar-refractivity contribution is 5.90. The first-order chi connectivity index (χ1) is 10.3. The minimum atomic E-state index is 0.0197. The zero-order valence-electron chi connectivity index (χ0n) is 12.3. The summed E-state index contributed by atoms with van der Waals surface area (Å²) in [6.45, 7) is 2.99. The number of nitrogens with one attached hydrogen (secondary N) is 2. The van der Waals surface area contributed by atoms with Crippen LogP contribution in [-0.4, -0.2) is 51.7 Å². The number of hydrogen-bond acceptors (Lipinski definition) is 4. The Morgan fingerprint density at radius 2 is 2.10 bits per heavy atom. The van der Waals surface area contributed by atoms with Gasteiger partial charge in [0.1, 0.15) is 5.82 Å². The number of aromatic nitrogens is 3. The summed E-state index contributed by atoms with van der Waals surface area (Å²) in [5.41, 5.74) is 0. The third kappa shape index (κ3) is 2.95. The number of aromatic amines is 1. The van der Waals surface area contributed by atoms with Crippen LogP contribution in [0.1, 0.15) is 60.9 Å². The van der Waals surface area contributed by atoms with Crippen LogP contribution in [0.3, 0.4) is 0 Å². The van der Waals surface area contributed by atoms with Crippen LogP contribution in [0.5, 0.6) is 0 Å². The van der Waals surface area contributed by atoms with Crippen molar-refractivity contribution < 1.29 is 4.79 Å². The fraction of sp³-hybridized carbons (Fsp3) is 0.800. The molecule has 2 saturated carbocycles. The number of nitrogens with zero attached hydrogens (tertiary/aromatic N) is 3. The first-order valence-electron chi connectivity index (χ1n) is 8.25. The van der Waals surface area contributed by atoms with Gasteiger partial charge in [-0.25, -0.2) is 4.98 Å². The van der Waals surface area contributed by atoms with Crippen molar-refractivity contribution in [1.82, 2.24) is 25.4 Å². The van der Waals surface area contributed by atoms with E-state index in [9.17, 15) is 4.79 Å². The van der Waals surface area contributed by atoms with Crippen molar-refractivity contribution in [3.05, 3.63) is 11.6 Å². The fourth-order valence-corrected chi connectivity index (χ4v) is 3.18. The van der Waals surface area contributed by atoms with Gasteiger partial charge in [-0.05, 0) is 57.5 Å². The second kappa shape index (κ2) is 5.40. The number of hydrogen-bond donors (Lipinski definition) is 2. The van der Waals surface area contributed by atoms with Crippen molar-refractivity contribution in [3.8, 4) is 0 Å². The van der Waals surface area contributed by atoms with Crippen molar-refractivity contribution in [2.75, 3.05) is 19.6 Å². The maximum absolute atomic E-state index is 12.7. The maximum Gasteiger partial charge on any atom is 0.293 e. The third-order valence-corrected chi connectivity index (χ3v) is 4.76. The van der Waals surface area contributed by atoms with E-state index in [-0.39, 0.29) is 5.91 Å². The third-order valence-electron chi connectivity index (χ3n) is 4.76. The molecule has 3 aliphatic rings. The van der Waals surface area contributed by atoms with E-state index < -0.39 is 0 Å². The second-order valence-electron chi connectivity index (χ2n) is 6.72. The van der Waals surface area contributed by atoms with Crippen LogP contribution >= 0.6 is 0 Å². The van der Waals surface area contributed by atoms with Crippen LogP contribution in [0.15, 0.2) is 0 Å². The molecule has 1 aromatic rings. The Kier molecular flexibility index (Phi) is 3.41. The molecule has 1 aromatic heterocycles. The van der Waals surface area contributed by atoms with Crippen molar-refractivity contribution in [2.45, 2.75) is 50.5 Å². The van der Waals surface area contributed by atoms with E-state index in [4.69, 9.17) is 0 Å². The first kappa shape index (κ1) is 13.2. The molecule has 1 atom stereocenters. The highest BCUT2D eigenvalue weighted by atomic mass is 16.2. The molecule has 2 heterocycles. The summed E-state index contributed by atoms with van der Waals surface area (Å²) < 4.78 is 0. The normalized spacial score (nSPS) is 25.8. The lowest BCUT2D eigenvalue weighted by Gasteiger charge is -2.29. The van der Waals surface area contributed by atoms with Crippen molar-refractivity contribution in [2.24, 2.45) is 5.92 Å². The summed E-state index contributed by atoms with van der Waals surface area (Å²) in [7, 11) is 0. The number of piperidine rings is 1. The predicted octanol–water partition coefficient (Wildman–Crippen LogP) is 1.29. The summed E-state index contributed by atoms with van der Waals surface area (Å²) in [6.07, 6.45) is 7.03. The van der Waals surface area contributed by atoms with E-state index in [0.29, 0.717) is 23.7 Å². The lowest BCUT2D eigenvalue weighted by atomic mass is 9.99. The molecule has 3 fully saturated rings. The largest absolute Gasteiger partial charge is 0.333 e. The molecule has 114 valence electrons. The van der Waals surface area contributed by atoms with E-state index in [0.717, 1.165) is 38.3 Å². The molecule has 1 amide bonds. The van der Waals surface area contributed by atoms with Crippen LogP contribution in [0.25, 0.3) is 0 Å². The number of amides is 1. The quantitative estimate of drug-likeness (QED) is 0.856. The molecule has 6 nitrogen and oxygen atoms in total. The van der Waals surface area contributed by atoms with E-state index >= 15 is 0 Å². The van der Waals surface area contributed by atoms with Gasteiger partial charge in [0.25, 0.3) is 5.91 Å². The van der Waals surface area contributed by atoms with Gasteiger partial charge >= 0.3 is 0 Å². The molecule has 0 radical (unpaired) electrons. The number of carbonyl (C=O) groups excluding carboxylic acids is 1. The van der Waals surface area contributed by atoms with E-state index in [2.05, 4.69) is 20.5 Å². The van der Waals surface area contributed by atoms with Gasteiger partial charge in [-0.3, -0.25) is 9.89 Å². The van der Waals surface area contributed by atoms with Crippen molar-refractivity contribution in [1.29, 1.82) is 0 Å². The molecular weight excluding hydrogens is 266 g/mol. The van der Waals surface area contributed by atoms with Crippen LogP contribution in [0.4, 0.5) is 0 Å². The van der Waals surface area contributed by atoms with Gasteiger partial charge in [-0.2, -0.15) is 0 Å². The van der Waals surface area contributed by atoms with Gasteiger partial charge in [0.15, 0.2) is 0 Å². The molecule has 4 rings (SSSR count). The average molecular weight is 289 g/mol. The molecule has 1 saturated heterocycles. The minimum absolute atomic E-state index is 0.0197. The average Bonchev–Trinajstić information content (AvgIpc) is 3.44. The lowest BCUT2D eigenvalue weighted by Crippen LogP contribution is -2.42. The summed E-state index contributed by atoms with van der Waals surface area (Å²) in [4.78, 5) is 19.2. The summed E-state index contributed by atoms with van der Waals surface area (Å²) in [5.74, 6) is 2.37. The van der Waals surface area contributed by atoms with Gasteiger partial charge in [0.05, 0.1) is 0 Å². The van der Waals surface area contributed by atoms with Crippen molar-refractivity contribution >= 4 is 5.91 Å². The minimum Gasteiger partial charge on any atom is -0.333 e. The van der Waals surface area contributed by atoms with Gasteiger partial charge in [0, 0.05) is 18.5 Å². The molecule has 1 aliphatic heterocycles. The molecular formula is C15H23N5O. The first-order valence-corrected chi connectivity index (χ1v) is 8.25. The zero-order chi connectivity index (χ0) is 14.2. The number of carbonyl (C=O) groups is 1. The van der Waals surface area contributed by atoms with E-state index in [1.54, 1.807) is 0 Å². The van der Waals surface area contributed by atoms with E-state index in [1.807, 2.05) is 4.90 Å². The number of H-pyrrole nitrogens is 1. The molecule has 0 spiro atoms. The number of rotatable bonds is 5. The van der Waals surface area contributed by atoms with Crippen molar-refractivity contribution in [3.63, 3.8) is 0 Å². The Morgan fingerprint density at radius 3 is 2.76 bits per heavy atom. The fourth-order valence-electron chi connectivity index (χ4n) is 3.18. The van der Waals surface area contributed by atoms with Gasteiger partial charge < -0.3 is 10.2 Å². The zero-order valence-corrected chi connectivity index (χ0v) is 12.3. The van der Waals surface area contributed by atoms with Crippen LogP contribution in [0.2, 0.25) is 0 Å². The Morgan fingerprint density at radius 1 is 1.24 bits per heavy atom. The summed E-state index contributed by atoms with van der Waals surface area (Å²) in [6, 6.07) is 0.419. The topological polar surface area (TPSA) is 73.9 Å². The highest BCUT2D eigenvalue weighted by Crippen LogP contribution is 2.38. The Labute approximate surface area is 124 Å². The molecule has 1 unspecified atom stereocenters. The van der Waals surface area contributed by atoms with Gasteiger partial charge in [0.2, 0.25) is 5.82 Å². The summed E-state index contributed by atoms with van der Waals surface area (Å²) in [5, 5.41) is 10.5. The Bertz CT molecular complexity index is 514.